The van der Waals surface area contributed by atoms with Gasteiger partial charge in [-0.05, 0) is 96.4 Å². The maximum Gasteiger partial charge on any atom is 0.413 e. The zero-order valence-corrected chi connectivity index (χ0v) is 25.0. The van der Waals surface area contributed by atoms with Crippen molar-refractivity contribution >= 4 is 17.8 Å². The average Bonchev–Trinajstić information content (AvgIpc) is 2.86. The highest BCUT2D eigenvalue weighted by Crippen LogP contribution is 2.29. The second kappa shape index (κ2) is 18.0. The van der Waals surface area contributed by atoms with Crippen LogP contribution in [0.3, 0.4) is 0 Å². The van der Waals surface area contributed by atoms with E-state index in [-0.39, 0.29) is 24.1 Å². The van der Waals surface area contributed by atoms with Gasteiger partial charge in [-0.3, -0.25) is 0 Å². The standard InChI is InChI=1S/C32H47NO6/c1-22(2)11-9-12-24(5)13-10-14-25(6)19-20-38-31(35)30(23(3)4)33-32(36)39-28-18-17-27(16-15-26(7)34)21-29(28)37-8/h11,13,17-19,21,23,30H,9-10,12,14-16,20H2,1-8H3,(H,33,36)/b24-13+,25-19+/t30-/m0/s1. The molecule has 0 saturated carbocycles. The van der Waals surface area contributed by atoms with Gasteiger partial charge in [-0.25, -0.2) is 9.59 Å². The molecular weight excluding hydrogens is 494 g/mol. The number of allylic oxidation sites excluding steroid dienone is 5. The van der Waals surface area contributed by atoms with Crippen LogP contribution in [0.4, 0.5) is 4.79 Å². The topological polar surface area (TPSA) is 90.9 Å². The molecule has 1 aromatic carbocycles. The number of hydrogen-bond donors (Lipinski definition) is 1. The average molecular weight is 542 g/mol. The quantitative estimate of drug-likeness (QED) is 0.174. The lowest BCUT2D eigenvalue weighted by Crippen LogP contribution is -2.46. The Bertz CT molecular complexity index is 1050. The van der Waals surface area contributed by atoms with Crippen LogP contribution < -0.4 is 14.8 Å². The van der Waals surface area contributed by atoms with Crippen LogP contribution in [0, 0.1) is 5.92 Å². The van der Waals surface area contributed by atoms with Crippen molar-refractivity contribution in [3.8, 4) is 11.5 Å². The van der Waals surface area contributed by atoms with Crippen LogP contribution in [0.1, 0.15) is 86.1 Å². The number of benzene rings is 1. The molecule has 1 atom stereocenters. The van der Waals surface area contributed by atoms with Gasteiger partial charge in [0.1, 0.15) is 18.4 Å². The van der Waals surface area contributed by atoms with Crippen LogP contribution in [0.15, 0.2) is 53.1 Å². The van der Waals surface area contributed by atoms with Crippen LogP contribution in [-0.2, 0) is 20.7 Å². The fourth-order valence-electron chi connectivity index (χ4n) is 3.72. The number of amides is 1. The maximum atomic E-state index is 12.7. The fraction of sp³-hybridized carbons (Fsp3) is 0.531. The summed E-state index contributed by atoms with van der Waals surface area (Å²) in [5.41, 5.74) is 4.76. The number of ketones is 1. The molecule has 0 aromatic heterocycles. The summed E-state index contributed by atoms with van der Waals surface area (Å²) in [6, 6.07) is 4.26. The zero-order valence-electron chi connectivity index (χ0n) is 25.0. The highest BCUT2D eigenvalue weighted by molar-refractivity contribution is 5.82. The second-order valence-electron chi connectivity index (χ2n) is 10.5. The molecule has 0 radical (unpaired) electrons. The number of esters is 1. The summed E-state index contributed by atoms with van der Waals surface area (Å²) in [6.45, 7) is 13.7. The summed E-state index contributed by atoms with van der Waals surface area (Å²) >= 11 is 0. The molecule has 0 spiro atoms. The third-order valence-corrected chi connectivity index (χ3v) is 6.17. The highest BCUT2D eigenvalue weighted by atomic mass is 16.6. The number of rotatable bonds is 16. The lowest BCUT2D eigenvalue weighted by atomic mass is 10.1. The van der Waals surface area contributed by atoms with E-state index < -0.39 is 18.1 Å². The van der Waals surface area contributed by atoms with Gasteiger partial charge in [0.15, 0.2) is 11.5 Å². The molecule has 1 aromatic rings. The SMILES string of the molecule is COc1cc(CCC(C)=O)ccc1OC(=O)N[C@H](C(=O)OC/C=C(\C)CC/C=C(\C)CCC=C(C)C)C(C)C. The zero-order chi connectivity index (χ0) is 29.4. The van der Waals surface area contributed by atoms with E-state index in [1.165, 1.54) is 18.3 Å². The second-order valence-corrected chi connectivity index (χ2v) is 10.5. The largest absolute Gasteiger partial charge is 0.493 e. The first-order valence-corrected chi connectivity index (χ1v) is 13.7. The number of methoxy groups -OCH3 is 1. The molecule has 0 heterocycles. The lowest BCUT2D eigenvalue weighted by Gasteiger charge is -2.20. The smallest absolute Gasteiger partial charge is 0.413 e. The third-order valence-electron chi connectivity index (χ3n) is 6.17. The minimum Gasteiger partial charge on any atom is -0.493 e. The fourth-order valence-corrected chi connectivity index (χ4v) is 3.72. The molecule has 0 aliphatic heterocycles. The Morgan fingerprint density at radius 2 is 1.51 bits per heavy atom. The number of hydrogen-bond acceptors (Lipinski definition) is 6. The van der Waals surface area contributed by atoms with Crippen LogP contribution in [-0.4, -0.2) is 37.6 Å². The van der Waals surface area contributed by atoms with Gasteiger partial charge in [-0.2, -0.15) is 0 Å². The van der Waals surface area contributed by atoms with Gasteiger partial charge < -0.3 is 24.3 Å². The number of Topliss-reactive ketones (excluding diaryl/α,β-unsaturated/α-hetero) is 1. The Balaban J connectivity index is 2.61. The summed E-state index contributed by atoms with van der Waals surface area (Å²) in [5.74, 6) is -0.0388. The summed E-state index contributed by atoms with van der Waals surface area (Å²) in [4.78, 5) is 36.6. The first-order valence-electron chi connectivity index (χ1n) is 13.7. The van der Waals surface area contributed by atoms with E-state index in [9.17, 15) is 14.4 Å². The number of carbonyl (C=O) groups is 3. The van der Waals surface area contributed by atoms with Crippen molar-refractivity contribution in [3.05, 3.63) is 58.7 Å². The van der Waals surface area contributed by atoms with Crippen molar-refractivity contribution in [3.63, 3.8) is 0 Å². The number of aryl methyl sites for hydroxylation is 1. The molecule has 0 bridgehead atoms. The molecule has 1 amide bonds. The minimum atomic E-state index is -0.863. The van der Waals surface area contributed by atoms with Crippen molar-refractivity contribution in [2.24, 2.45) is 5.92 Å². The molecule has 0 unspecified atom stereocenters. The van der Waals surface area contributed by atoms with Gasteiger partial charge in [0.25, 0.3) is 0 Å². The van der Waals surface area contributed by atoms with Gasteiger partial charge in [-0.15, -0.1) is 0 Å². The summed E-state index contributed by atoms with van der Waals surface area (Å²) in [7, 11) is 1.47. The summed E-state index contributed by atoms with van der Waals surface area (Å²) < 4.78 is 16.2. The predicted octanol–water partition coefficient (Wildman–Crippen LogP) is 7.29. The predicted molar refractivity (Wildman–Crippen MR) is 156 cm³/mol. The summed E-state index contributed by atoms with van der Waals surface area (Å²) in [5, 5.41) is 2.61. The molecule has 0 aliphatic rings. The van der Waals surface area contributed by atoms with E-state index in [4.69, 9.17) is 14.2 Å². The van der Waals surface area contributed by atoms with E-state index in [1.807, 2.05) is 26.8 Å². The molecule has 39 heavy (non-hydrogen) atoms. The molecule has 0 aliphatic carbocycles. The van der Waals surface area contributed by atoms with Gasteiger partial charge >= 0.3 is 12.1 Å². The molecule has 1 N–H and O–H groups in total. The van der Waals surface area contributed by atoms with E-state index in [0.717, 1.165) is 36.8 Å². The molecule has 216 valence electrons. The van der Waals surface area contributed by atoms with Crippen LogP contribution in [0.2, 0.25) is 0 Å². The first kappa shape index (κ1) is 33.7. The Morgan fingerprint density at radius 3 is 2.10 bits per heavy atom. The molecule has 0 saturated heterocycles. The number of nitrogens with one attached hydrogen (secondary N) is 1. The number of carbonyl (C=O) groups excluding carboxylic acids is 3. The van der Waals surface area contributed by atoms with Crippen molar-refractivity contribution in [1.82, 2.24) is 5.32 Å². The maximum absolute atomic E-state index is 12.7. The Kier molecular flexibility index (Phi) is 15.6. The third kappa shape index (κ3) is 14.4. The Labute approximate surface area is 234 Å². The van der Waals surface area contributed by atoms with Crippen molar-refractivity contribution < 1.29 is 28.6 Å². The van der Waals surface area contributed by atoms with Crippen LogP contribution in [0.25, 0.3) is 0 Å². The minimum absolute atomic E-state index is 0.0967. The molecular formula is C32H47NO6. The van der Waals surface area contributed by atoms with Crippen LogP contribution >= 0.6 is 0 Å². The highest BCUT2D eigenvalue weighted by Gasteiger charge is 2.27. The first-order chi connectivity index (χ1) is 18.4. The van der Waals surface area contributed by atoms with Crippen molar-refractivity contribution in [1.29, 1.82) is 0 Å². The van der Waals surface area contributed by atoms with Gasteiger partial charge in [0, 0.05) is 6.42 Å². The normalized spacial score (nSPS) is 12.5. The summed E-state index contributed by atoms with van der Waals surface area (Å²) in [6.07, 6.45) is 10.6. The number of ether oxygens (including phenoxy) is 3. The van der Waals surface area contributed by atoms with Crippen LogP contribution in [0.5, 0.6) is 11.5 Å². The van der Waals surface area contributed by atoms with Gasteiger partial charge in [0.2, 0.25) is 0 Å². The molecule has 7 nitrogen and oxygen atoms in total. The molecule has 0 fully saturated rings. The lowest BCUT2D eigenvalue weighted by molar-refractivity contribution is -0.145. The van der Waals surface area contributed by atoms with E-state index in [0.29, 0.717) is 18.6 Å². The van der Waals surface area contributed by atoms with Crippen molar-refractivity contribution in [2.75, 3.05) is 13.7 Å². The van der Waals surface area contributed by atoms with E-state index >= 15 is 0 Å². The Morgan fingerprint density at radius 1 is 0.872 bits per heavy atom. The van der Waals surface area contributed by atoms with Gasteiger partial charge in [0.05, 0.1) is 7.11 Å². The van der Waals surface area contributed by atoms with Gasteiger partial charge in [-0.1, -0.05) is 48.8 Å². The Hall–Kier alpha value is -3.35. The van der Waals surface area contributed by atoms with E-state index in [2.05, 4.69) is 38.2 Å². The molecule has 7 heteroatoms. The van der Waals surface area contributed by atoms with E-state index in [1.54, 1.807) is 25.1 Å². The monoisotopic (exact) mass is 541 g/mol. The van der Waals surface area contributed by atoms with Crippen molar-refractivity contribution in [2.45, 2.75) is 93.0 Å². The molecule has 1 rings (SSSR count).